The van der Waals surface area contributed by atoms with E-state index in [1.54, 1.807) is 6.92 Å². The molecule has 0 unspecified atom stereocenters. The van der Waals surface area contributed by atoms with Crippen LogP contribution in [-0.2, 0) is 0 Å². The normalized spacial score (nSPS) is 8.77. The van der Waals surface area contributed by atoms with Crippen molar-refractivity contribution in [1.29, 1.82) is 0 Å². The lowest BCUT2D eigenvalue weighted by Gasteiger charge is -1.96. The number of rotatable bonds is 2. The zero-order valence-electron chi connectivity index (χ0n) is 7.92. The molecule has 0 aliphatic carbocycles. The molecule has 0 bridgehead atoms. The first-order valence-corrected chi connectivity index (χ1v) is 4.34. The Hall–Kier alpha value is -1.55. The fraction of sp³-hybridized carbons (Fsp3) is 0.250. The second kappa shape index (κ2) is 4.47. The smallest absolute Gasteiger partial charge is 0.162 e. The molecule has 1 rings (SSSR count). The molecule has 66 valence electrons. The molecule has 0 fully saturated rings. The summed E-state index contributed by atoms with van der Waals surface area (Å²) in [5.74, 6) is 5.92. The summed E-state index contributed by atoms with van der Waals surface area (Å²) in [4.78, 5) is 11.2. The molecule has 0 amide bonds. The zero-order valence-corrected chi connectivity index (χ0v) is 7.92. The van der Waals surface area contributed by atoms with Crippen molar-refractivity contribution in [3.05, 3.63) is 35.4 Å². The Morgan fingerprint density at radius 3 is 2.38 bits per heavy atom. The molecule has 0 aromatic heterocycles. The molecule has 1 aromatic carbocycles. The van der Waals surface area contributed by atoms with Crippen LogP contribution in [0.5, 0.6) is 0 Å². The second-order valence-corrected chi connectivity index (χ2v) is 2.73. The van der Waals surface area contributed by atoms with Crippen molar-refractivity contribution in [2.45, 2.75) is 20.3 Å². The molecule has 0 heterocycles. The average molecular weight is 172 g/mol. The van der Waals surface area contributed by atoms with Crippen LogP contribution in [0.2, 0.25) is 0 Å². The molecule has 0 saturated carbocycles. The summed E-state index contributed by atoms with van der Waals surface area (Å²) >= 11 is 0. The van der Waals surface area contributed by atoms with Gasteiger partial charge in [0.05, 0.1) is 0 Å². The number of carbonyl (C=O) groups excluding carboxylic acids is 1. The maximum atomic E-state index is 11.2. The Morgan fingerprint density at radius 2 is 1.92 bits per heavy atom. The van der Waals surface area contributed by atoms with E-state index in [2.05, 4.69) is 11.8 Å². The van der Waals surface area contributed by atoms with Crippen molar-refractivity contribution >= 4 is 5.78 Å². The Balaban J connectivity index is 2.91. The summed E-state index contributed by atoms with van der Waals surface area (Å²) in [6, 6.07) is 7.40. The summed E-state index contributed by atoms with van der Waals surface area (Å²) in [6.45, 7) is 3.66. The van der Waals surface area contributed by atoms with Crippen LogP contribution < -0.4 is 0 Å². The van der Waals surface area contributed by atoms with Crippen molar-refractivity contribution in [3.63, 3.8) is 0 Å². The third-order valence-electron chi connectivity index (χ3n) is 1.80. The number of ketones is 1. The maximum Gasteiger partial charge on any atom is 0.162 e. The largest absolute Gasteiger partial charge is 0.294 e. The topological polar surface area (TPSA) is 17.1 Å². The van der Waals surface area contributed by atoms with Crippen LogP contribution in [0.3, 0.4) is 0 Å². The summed E-state index contributed by atoms with van der Waals surface area (Å²) in [5, 5.41) is 0. The SMILES string of the molecule is CC#Cc1ccc(C(=O)CC)cc1. The molecule has 1 heteroatoms. The number of hydrogen-bond acceptors (Lipinski definition) is 1. The van der Waals surface area contributed by atoms with Crippen molar-refractivity contribution in [2.24, 2.45) is 0 Å². The fourth-order valence-corrected chi connectivity index (χ4v) is 1.09. The van der Waals surface area contributed by atoms with Crippen LogP contribution >= 0.6 is 0 Å². The quantitative estimate of drug-likeness (QED) is 0.495. The molecule has 0 radical (unpaired) electrons. The van der Waals surface area contributed by atoms with Gasteiger partial charge in [-0.2, -0.15) is 0 Å². The minimum absolute atomic E-state index is 0.177. The van der Waals surface area contributed by atoms with E-state index in [9.17, 15) is 4.79 Å². The third-order valence-corrected chi connectivity index (χ3v) is 1.80. The van der Waals surface area contributed by atoms with Crippen LogP contribution in [0, 0.1) is 11.8 Å². The molecule has 0 aliphatic rings. The molecule has 13 heavy (non-hydrogen) atoms. The summed E-state index contributed by atoms with van der Waals surface area (Å²) in [6.07, 6.45) is 0.554. The summed E-state index contributed by atoms with van der Waals surface area (Å²) < 4.78 is 0. The highest BCUT2D eigenvalue weighted by Crippen LogP contribution is 2.05. The average Bonchev–Trinajstić information content (AvgIpc) is 2.18. The van der Waals surface area contributed by atoms with Gasteiger partial charge in [-0.05, 0) is 19.1 Å². The first-order valence-electron chi connectivity index (χ1n) is 4.34. The molecule has 0 atom stereocenters. The highest BCUT2D eigenvalue weighted by molar-refractivity contribution is 5.95. The predicted molar refractivity (Wildman–Crippen MR) is 53.6 cm³/mol. The van der Waals surface area contributed by atoms with Gasteiger partial charge in [-0.3, -0.25) is 4.79 Å². The van der Waals surface area contributed by atoms with Gasteiger partial charge in [-0.25, -0.2) is 0 Å². The van der Waals surface area contributed by atoms with Gasteiger partial charge in [0.2, 0.25) is 0 Å². The van der Waals surface area contributed by atoms with E-state index < -0.39 is 0 Å². The third kappa shape index (κ3) is 2.45. The fourth-order valence-electron chi connectivity index (χ4n) is 1.09. The van der Waals surface area contributed by atoms with Crippen molar-refractivity contribution in [2.75, 3.05) is 0 Å². The van der Waals surface area contributed by atoms with Gasteiger partial charge in [0.25, 0.3) is 0 Å². The van der Waals surface area contributed by atoms with Crippen LogP contribution in [0.4, 0.5) is 0 Å². The Labute approximate surface area is 78.8 Å². The minimum atomic E-state index is 0.177. The molecular formula is C12H12O. The lowest BCUT2D eigenvalue weighted by Crippen LogP contribution is -1.95. The Bertz CT molecular complexity index is 349. The number of carbonyl (C=O) groups is 1. The van der Waals surface area contributed by atoms with Crippen molar-refractivity contribution in [1.82, 2.24) is 0 Å². The predicted octanol–water partition coefficient (Wildman–Crippen LogP) is 2.65. The summed E-state index contributed by atoms with van der Waals surface area (Å²) in [7, 11) is 0. The Kier molecular flexibility index (Phi) is 3.28. The number of benzene rings is 1. The van der Waals surface area contributed by atoms with Crippen LogP contribution in [0.1, 0.15) is 36.2 Å². The lowest BCUT2D eigenvalue weighted by molar-refractivity contribution is 0.0988. The Morgan fingerprint density at radius 1 is 1.31 bits per heavy atom. The van der Waals surface area contributed by atoms with Gasteiger partial charge >= 0.3 is 0 Å². The standard InChI is InChI=1S/C12H12O/c1-3-5-10-6-8-11(9-7-10)12(13)4-2/h6-9H,4H2,1-2H3. The summed E-state index contributed by atoms with van der Waals surface area (Å²) in [5.41, 5.74) is 1.72. The molecule has 0 spiro atoms. The number of Topliss-reactive ketones (excluding diaryl/α,β-unsaturated/α-hetero) is 1. The van der Waals surface area contributed by atoms with E-state index >= 15 is 0 Å². The molecule has 0 aliphatic heterocycles. The van der Waals surface area contributed by atoms with Crippen molar-refractivity contribution < 1.29 is 4.79 Å². The second-order valence-electron chi connectivity index (χ2n) is 2.73. The van der Waals surface area contributed by atoms with E-state index in [-0.39, 0.29) is 5.78 Å². The van der Waals surface area contributed by atoms with Gasteiger partial charge in [0.1, 0.15) is 0 Å². The van der Waals surface area contributed by atoms with Crippen molar-refractivity contribution in [3.8, 4) is 11.8 Å². The van der Waals surface area contributed by atoms with E-state index in [1.165, 1.54) is 0 Å². The number of hydrogen-bond donors (Lipinski definition) is 0. The first kappa shape index (κ1) is 9.54. The van der Waals surface area contributed by atoms with Crippen LogP contribution in [0.15, 0.2) is 24.3 Å². The van der Waals surface area contributed by atoms with E-state index in [0.717, 1.165) is 11.1 Å². The van der Waals surface area contributed by atoms with Gasteiger partial charge in [-0.15, -0.1) is 5.92 Å². The lowest BCUT2D eigenvalue weighted by atomic mass is 10.1. The van der Waals surface area contributed by atoms with E-state index in [1.807, 2.05) is 31.2 Å². The zero-order chi connectivity index (χ0) is 9.68. The van der Waals surface area contributed by atoms with Crippen LogP contribution in [-0.4, -0.2) is 5.78 Å². The van der Waals surface area contributed by atoms with Gasteiger partial charge in [0.15, 0.2) is 5.78 Å². The molecule has 0 N–H and O–H groups in total. The van der Waals surface area contributed by atoms with Gasteiger partial charge in [-0.1, -0.05) is 25.0 Å². The van der Waals surface area contributed by atoms with Gasteiger partial charge in [0, 0.05) is 17.5 Å². The monoisotopic (exact) mass is 172 g/mol. The van der Waals surface area contributed by atoms with Gasteiger partial charge < -0.3 is 0 Å². The first-order chi connectivity index (χ1) is 6.27. The molecule has 0 saturated heterocycles. The van der Waals surface area contributed by atoms with E-state index in [4.69, 9.17) is 0 Å². The highest BCUT2D eigenvalue weighted by Gasteiger charge is 2.00. The van der Waals surface area contributed by atoms with Crippen LogP contribution in [0.25, 0.3) is 0 Å². The van der Waals surface area contributed by atoms with E-state index in [0.29, 0.717) is 6.42 Å². The maximum absolute atomic E-state index is 11.2. The molecular weight excluding hydrogens is 160 g/mol. The highest BCUT2D eigenvalue weighted by atomic mass is 16.1. The molecule has 1 aromatic rings. The minimum Gasteiger partial charge on any atom is -0.294 e. The molecule has 1 nitrogen and oxygen atoms in total.